The largest absolute Gasteiger partial charge is 0.393 e. The summed E-state index contributed by atoms with van der Waals surface area (Å²) in [6.07, 6.45) is 4.77. The first-order chi connectivity index (χ1) is 8.03. The van der Waals surface area contributed by atoms with Crippen molar-refractivity contribution in [1.29, 1.82) is 0 Å². The lowest BCUT2D eigenvalue weighted by Crippen LogP contribution is -2.50. The Morgan fingerprint density at radius 1 is 1.47 bits per heavy atom. The number of amides is 1. The van der Waals surface area contributed by atoms with E-state index in [0.29, 0.717) is 11.6 Å². The van der Waals surface area contributed by atoms with Crippen LogP contribution in [0.5, 0.6) is 0 Å². The van der Waals surface area contributed by atoms with Crippen LogP contribution in [-0.2, 0) is 9.53 Å². The number of nitrogens with two attached hydrogens (primary N) is 1. The Morgan fingerprint density at radius 2 is 2.24 bits per heavy atom. The van der Waals surface area contributed by atoms with Gasteiger partial charge in [0, 0.05) is 18.6 Å². The number of hydrogen-bond donors (Lipinski definition) is 2. The van der Waals surface area contributed by atoms with Gasteiger partial charge in [-0.1, -0.05) is 18.6 Å². The quantitative estimate of drug-likeness (QED) is 0.743. The SMILES string of the molecule is CC1(C(=O)NC2CCCC2C(N)=S)CCCO1. The molecule has 3 N–H and O–H groups in total. The summed E-state index contributed by atoms with van der Waals surface area (Å²) < 4.78 is 5.53. The van der Waals surface area contributed by atoms with E-state index >= 15 is 0 Å². The molecule has 0 radical (unpaired) electrons. The maximum atomic E-state index is 12.2. The number of rotatable bonds is 3. The molecule has 0 aromatic carbocycles. The zero-order valence-electron chi connectivity index (χ0n) is 10.2. The van der Waals surface area contributed by atoms with E-state index in [1.54, 1.807) is 0 Å². The van der Waals surface area contributed by atoms with Crippen molar-refractivity contribution in [3.8, 4) is 0 Å². The second-order valence-electron chi connectivity index (χ2n) is 5.20. The summed E-state index contributed by atoms with van der Waals surface area (Å²) in [6, 6.07) is 0.0982. The Bertz CT molecular complexity index is 326. The Hall–Kier alpha value is -0.680. The van der Waals surface area contributed by atoms with Crippen LogP contribution in [0.3, 0.4) is 0 Å². The Balaban J connectivity index is 1.96. The Kier molecular flexibility index (Phi) is 3.68. The number of hydrogen-bond acceptors (Lipinski definition) is 3. The molecule has 1 aliphatic heterocycles. The summed E-state index contributed by atoms with van der Waals surface area (Å²) in [5.74, 6) is 0.141. The van der Waals surface area contributed by atoms with Crippen LogP contribution in [0.4, 0.5) is 0 Å². The van der Waals surface area contributed by atoms with Gasteiger partial charge in [-0.05, 0) is 32.6 Å². The third-order valence-corrected chi connectivity index (χ3v) is 4.20. The zero-order chi connectivity index (χ0) is 12.5. The van der Waals surface area contributed by atoms with Gasteiger partial charge >= 0.3 is 0 Å². The number of ether oxygens (including phenoxy) is 1. The number of nitrogens with one attached hydrogen (secondary N) is 1. The van der Waals surface area contributed by atoms with Crippen molar-refractivity contribution in [2.24, 2.45) is 11.7 Å². The van der Waals surface area contributed by atoms with Crippen LogP contribution >= 0.6 is 12.2 Å². The number of carbonyl (C=O) groups is 1. The number of carbonyl (C=O) groups excluding carboxylic acids is 1. The first-order valence-electron chi connectivity index (χ1n) is 6.27. The first kappa shape index (κ1) is 12.8. The Morgan fingerprint density at radius 3 is 2.82 bits per heavy atom. The molecule has 3 unspecified atom stereocenters. The fourth-order valence-electron chi connectivity index (χ4n) is 2.75. The van der Waals surface area contributed by atoms with Crippen molar-refractivity contribution in [1.82, 2.24) is 5.32 Å². The fourth-order valence-corrected chi connectivity index (χ4v) is 3.03. The molecule has 0 spiro atoms. The van der Waals surface area contributed by atoms with E-state index in [2.05, 4.69) is 5.32 Å². The lowest BCUT2D eigenvalue weighted by Gasteiger charge is -2.27. The summed E-state index contributed by atoms with van der Waals surface area (Å²) >= 11 is 5.04. The van der Waals surface area contributed by atoms with Crippen molar-refractivity contribution in [2.75, 3.05) is 6.61 Å². The van der Waals surface area contributed by atoms with Crippen LogP contribution in [0.1, 0.15) is 39.0 Å². The molecule has 17 heavy (non-hydrogen) atoms. The predicted molar refractivity (Wildman–Crippen MR) is 69.6 cm³/mol. The molecule has 4 nitrogen and oxygen atoms in total. The normalized spacial score (nSPS) is 37.0. The summed E-state index contributed by atoms with van der Waals surface area (Å²) in [5.41, 5.74) is 5.05. The van der Waals surface area contributed by atoms with Crippen LogP contribution in [0, 0.1) is 5.92 Å². The third kappa shape index (κ3) is 2.60. The molecule has 2 aliphatic rings. The van der Waals surface area contributed by atoms with Crippen molar-refractivity contribution < 1.29 is 9.53 Å². The van der Waals surface area contributed by atoms with Gasteiger partial charge in [-0.3, -0.25) is 4.79 Å². The summed E-state index contributed by atoms with van der Waals surface area (Å²) in [4.78, 5) is 12.7. The molecular weight excluding hydrogens is 236 g/mol. The highest BCUT2D eigenvalue weighted by atomic mass is 32.1. The predicted octanol–water partition coefficient (Wildman–Crippen LogP) is 1.13. The van der Waals surface area contributed by atoms with Crippen molar-refractivity contribution in [2.45, 2.75) is 50.7 Å². The molecule has 3 atom stereocenters. The van der Waals surface area contributed by atoms with Crippen LogP contribution in [0.25, 0.3) is 0 Å². The van der Waals surface area contributed by atoms with E-state index in [1.165, 1.54) is 0 Å². The third-order valence-electron chi connectivity index (χ3n) is 3.90. The monoisotopic (exact) mass is 256 g/mol. The smallest absolute Gasteiger partial charge is 0.252 e. The lowest BCUT2D eigenvalue weighted by atomic mass is 9.99. The minimum absolute atomic E-state index is 0.0110. The molecule has 1 aliphatic carbocycles. The zero-order valence-corrected chi connectivity index (χ0v) is 11.0. The van der Waals surface area contributed by atoms with Crippen LogP contribution in [0.2, 0.25) is 0 Å². The van der Waals surface area contributed by atoms with Gasteiger partial charge in [0.1, 0.15) is 5.60 Å². The average Bonchev–Trinajstić information content (AvgIpc) is 2.87. The lowest BCUT2D eigenvalue weighted by molar-refractivity contribution is -0.140. The summed E-state index contributed by atoms with van der Waals surface area (Å²) in [6.45, 7) is 2.54. The highest BCUT2D eigenvalue weighted by molar-refractivity contribution is 7.80. The van der Waals surface area contributed by atoms with E-state index in [1.807, 2.05) is 6.92 Å². The highest BCUT2D eigenvalue weighted by Gasteiger charge is 2.40. The van der Waals surface area contributed by atoms with Gasteiger partial charge in [-0.25, -0.2) is 0 Å². The van der Waals surface area contributed by atoms with Gasteiger partial charge in [-0.2, -0.15) is 0 Å². The molecule has 0 bridgehead atoms. The van der Waals surface area contributed by atoms with Gasteiger partial charge in [0.05, 0.1) is 4.99 Å². The van der Waals surface area contributed by atoms with Crippen LogP contribution < -0.4 is 11.1 Å². The van der Waals surface area contributed by atoms with Crippen molar-refractivity contribution >= 4 is 23.1 Å². The molecule has 1 amide bonds. The number of thiocarbonyl (C=S) groups is 1. The summed E-state index contributed by atoms with van der Waals surface area (Å²) in [7, 11) is 0. The molecular formula is C12H20N2O2S. The first-order valence-corrected chi connectivity index (χ1v) is 6.68. The standard InChI is InChI=1S/C12H20N2O2S/c1-12(6-3-7-16-12)11(15)14-9-5-2-4-8(9)10(13)17/h8-9H,2-7H2,1H3,(H2,13,17)(H,14,15). The maximum Gasteiger partial charge on any atom is 0.252 e. The minimum atomic E-state index is -0.649. The fraction of sp³-hybridized carbons (Fsp3) is 0.833. The van der Waals surface area contributed by atoms with Gasteiger partial charge in [0.25, 0.3) is 5.91 Å². The molecule has 2 rings (SSSR count). The second kappa shape index (κ2) is 4.90. The molecule has 1 saturated heterocycles. The molecule has 1 heterocycles. The molecule has 2 fully saturated rings. The molecule has 96 valence electrons. The van der Waals surface area contributed by atoms with Gasteiger partial charge in [0.2, 0.25) is 0 Å². The summed E-state index contributed by atoms with van der Waals surface area (Å²) in [5, 5.41) is 3.06. The van der Waals surface area contributed by atoms with E-state index < -0.39 is 5.60 Å². The molecule has 1 saturated carbocycles. The van der Waals surface area contributed by atoms with Crippen molar-refractivity contribution in [3.05, 3.63) is 0 Å². The van der Waals surface area contributed by atoms with Crippen LogP contribution in [-0.4, -0.2) is 29.1 Å². The van der Waals surface area contributed by atoms with E-state index in [9.17, 15) is 4.79 Å². The van der Waals surface area contributed by atoms with Gasteiger partial charge in [0.15, 0.2) is 0 Å². The Labute approximate surface area is 107 Å². The van der Waals surface area contributed by atoms with Gasteiger partial charge < -0.3 is 15.8 Å². The average molecular weight is 256 g/mol. The van der Waals surface area contributed by atoms with Crippen LogP contribution in [0.15, 0.2) is 0 Å². The molecule has 0 aromatic heterocycles. The second-order valence-corrected chi connectivity index (χ2v) is 5.67. The van der Waals surface area contributed by atoms with E-state index in [-0.39, 0.29) is 17.9 Å². The molecule has 5 heteroatoms. The molecule has 0 aromatic rings. The highest BCUT2D eigenvalue weighted by Crippen LogP contribution is 2.29. The maximum absolute atomic E-state index is 12.2. The van der Waals surface area contributed by atoms with E-state index in [0.717, 1.165) is 32.1 Å². The topological polar surface area (TPSA) is 64.4 Å². The van der Waals surface area contributed by atoms with Crippen molar-refractivity contribution in [3.63, 3.8) is 0 Å². The van der Waals surface area contributed by atoms with E-state index in [4.69, 9.17) is 22.7 Å². The van der Waals surface area contributed by atoms with Gasteiger partial charge in [-0.15, -0.1) is 0 Å². The minimum Gasteiger partial charge on any atom is -0.393 e.